The van der Waals surface area contributed by atoms with Gasteiger partial charge in [0.25, 0.3) is 11.7 Å². The number of phenolic OH excluding ortho intramolecular Hbond substituents is 1. The van der Waals surface area contributed by atoms with Crippen molar-refractivity contribution in [3.63, 3.8) is 0 Å². The average molecular weight is 736 g/mol. The van der Waals surface area contributed by atoms with Gasteiger partial charge in [0.2, 0.25) is 5.78 Å². The molecule has 2 N–H and O–H groups in total. The summed E-state index contributed by atoms with van der Waals surface area (Å²) < 4.78 is 36.6. The van der Waals surface area contributed by atoms with E-state index in [2.05, 4.69) is 5.32 Å². The second kappa shape index (κ2) is 14.7. The molecule has 0 spiro atoms. The number of allylic oxidation sites excluding steroid dienone is 4. The lowest BCUT2D eigenvalue weighted by molar-refractivity contribution is -0.336. The number of carbonyl (C=O) groups is 5. The van der Waals surface area contributed by atoms with Crippen molar-refractivity contribution in [1.82, 2.24) is 5.32 Å². The zero-order valence-electron chi connectivity index (χ0n) is 32.0. The zero-order chi connectivity index (χ0) is 39.3. The van der Waals surface area contributed by atoms with E-state index in [-0.39, 0.29) is 57.6 Å². The first kappa shape index (κ1) is 39.6. The smallest absolute Gasteiger partial charge is 0.312 e. The van der Waals surface area contributed by atoms with Crippen molar-refractivity contribution in [1.29, 1.82) is 0 Å². The Kier molecular flexibility index (Phi) is 11.0. The van der Waals surface area contributed by atoms with E-state index in [1.807, 2.05) is 47.6 Å². The summed E-state index contributed by atoms with van der Waals surface area (Å²) in [6, 6.07) is 0. The van der Waals surface area contributed by atoms with Crippen molar-refractivity contribution < 1.29 is 57.5 Å². The van der Waals surface area contributed by atoms with Gasteiger partial charge in [-0.25, -0.2) is 0 Å². The fourth-order valence-corrected chi connectivity index (χ4v) is 7.71. The molecule has 0 radical (unpaired) electrons. The minimum absolute atomic E-state index is 0.0356. The third kappa shape index (κ3) is 7.34. The maximum Gasteiger partial charge on any atom is 0.312 e. The van der Waals surface area contributed by atoms with Crippen molar-refractivity contribution in [2.45, 2.75) is 105 Å². The lowest BCUT2D eigenvalue weighted by Gasteiger charge is -2.50. The second-order valence-corrected chi connectivity index (χ2v) is 15.0. The van der Waals surface area contributed by atoms with E-state index < -0.39 is 76.3 Å². The molecule has 4 heterocycles. The number of esters is 1. The maximum absolute atomic E-state index is 14.0. The van der Waals surface area contributed by atoms with Gasteiger partial charge in [0.15, 0.2) is 11.6 Å². The fourth-order valence-electron chi connectivity index (χ4n) is 7.71. The minimum atomic E-state index is -2.00. The molecule has 13 heteroatoms. The highest BCUT2D eigenvalue weighted by Crippen LogP contribution is 2.48. The number of ether oxygens (including phenoxy) is 6. The summed E-state index contributed by atoms with van der Waals surface area (Å²) in [5.74, 6) is -8.33. The van der Waals surface area contributed by atoms with E-state index in [9.17, 15) is 29.1 Å². The number of nitrogens with one attached hydrogen (secondary N) is 1. The number of hydrogen-bond acceptors (Lipinski definition) is 12. The largest absolute Gasteiger partial charge is 0.507 e. The van der Waals surface area contributed by atoms with Gasteiger partial charge < -0.3 is 38.8 Å². The Morgan fingerprint density at radius 3 is 2.21 bits per heavy atom. The van der Waals surface area contributed by atoms with Gasteiger partial charge in [0.1, 0.15) is 17.6 Å². The van der Waals surface area contributed by atoms with Crippen molar-refractivity contribution in [3.8, 4) is 11.5 Å². The molecule has 0 unspecified atom stereocenters. The van der Waals surface area contributed by atoms with Crippen LogP contribution in [0.3, 0.4) is 0 Å². The molecule has 1 amide bonds. The number of Topliss-reactive ketones (excluding diaryl/α,β-unsaturated/α-hetero) is 2. The Hall–Kier alpha value is -4.59. The average Bonchev–Trinajstić information content (AvgIpc) is 3.35. The van der Waals surface area contributed by atoms with Crippen LogP contribution in [-0.2, 0) is 33.3 Å². The Balaban J connectivity index is 1.62. The summed E-state index contributed by atoms with van der Waals surface area (Å²) in [5, 5.41) is 13.7. The van der Waals surface area contributed by atoms with Crippen LogP contribution in [0.2, 0.25) is 0 Å². The predicted octanol–water partition coefficient (Wildman–Crippen LogP) is 5.43. The Morgan fingerprint density at radius 2 is 1.57 bits per heavy atom. The van der Waals surface area contributed by atoms with E-state index in [1.165, 1.54) is 34.1 Å². The number of rotatable bonds is 2. The standard InChI is InChI=1S/C40H49NO12/c1-18-13-12-14-19(2)38(47)41-25-17-26(43)28-29(32(25)45)31(44)21(4)36-30(28)37(46)40(10,53-36)49-16-15-27(48-11)20(3)34(50-24(7)42)23(6)35-22(5)33(18)51-39(8,9)52-35/h12-18,20,22-23,27,33-35,44H,1-11H3,(H,41,47)/t18-,20+,22+,23+,27+,33+,34-,35-,40-/m0/s1. The Bertz CT molecular complexity index is 1850. The Labute approximate surface area is 309 Å². The minimum Gasteiger partial charge on any atom is -0.507 e. The molecule has 286 valence electrons. The SMILES string of the molecule is CO[C@@H]1C=CO[C@@]2(C)Oc3c(C)c(O)c4c(c3C2=O)C(=O)C=C(NC(=O)C(C)=CC=C[C@H](C)[C@H]2OC(C)(C)O[C@H]([C@H](C)[C@@H](OC(C)=O)[C@@H]1C)[C@@H]2C)C4=O. The van der Waals surface area contributed by atoms with Crippen LogP contribution in [0.1, 0.15) is 99.0 Å². The third-order valence-corrected chi connectivity index (χ3v) is 10.6. The lowest BCUT2D eigenvalue weighted by atomic mass is 9.77. The summed E-state index contributed by atoms with van der Waals surface area (Å²) in [5.41, 5.74) is -1.07. The van der Waals surface area contributed by atoms with Crippen LogP contribution < -0.4 is 10.1 Å². The van der Waals surface area contributed by atoms with Gasteiger partial charge in [-0.15, -0.1) is 0 Å². The van der Waals surface area contributed by atoms with E-state index in [0.29, 0.717) is 0 Å². The molecule has 0 aromatic heterocycles. The Morgan fingerprint density at radius 1 is 0.906 bits per heavy atom. The molecular formula is C40H49NO12. The predicted molar refractivity (Wildman–Crippen MR) is 191 cm³/mol. The number of methoxy groups -OCH3 is 1. The fraction of sp³-hybridized carbons (Fsp3) is 0.525. The first-order chi connectivity index (χ1) is 24.7. The maximum atomic E-state index is 14.0. The number of hydrogen-bond donors (Lipinski definition) is 2. The number of benzene rings is 1. The van der Waals surface area contributed by atoms with Crippen molar-refractivity contribution >= 4 is 29.2 Å². The number of amides is 1. The highest BCUT2D eigenvalue weighted by molar-refractivity contribution is 6.30. The number of aromatic hydroxyl groups is 1. The van der Waals surface area contributed by atoms with Crippen LogP contribution in [0.25, 0.3) is 0 Å². The van der Waals surface area contributed by atoms with Crippen LogP contribution in [0, 0.1) is 30.6 Å². The molecule has 7 bridgehead atoms. The molecule has 1 aliphatic carbocycles. The molecule has 53 heavy (non-hydrogen) atoms. The van der Waals surface area contributed by atoms with Crippen LogP contribution in [-0.4, -0.2) is 77.4 Å². The topological polar surface area (TPSA) is 173 Å². The number of phenols is 1. The van der Waals surface area contributed by atoms with Gasteiger partial charge in [0.05, 0.1) is 47.0 Å². The highest BCUT2D eigenvalue weighted by atomic mass is 16.7. The quantitative estimate of drug-likeness (QED) is 0.370. The number of ketones is 3. The van der Waals surface area contributed by atoms with E-state index in [4.69, 9.17) is 28.4 Å². The molecule has 1 saturated heterocycles. The first-order valence-electron chi connectivity index (χ1n) is 17.7. The molecule has 13 nitrogen and oxygen atoms in total. The summed E-state index contributed by atoms with van der Waals surface area (Å²) >= 11 is 0. The molecule has 5 aliphatic rings. The summed E-state index contributed by atoms with van der Waals surface area (Å²) in [6.07, 6.45) is 6.77. The molecule has 9 atom stereocenters. The normalized spacial score (nSPS) is 33.0. The molecule has 1 aromatic rings. The van der Waals surface area contributed by atoms with Gasteiger partial charge in [-0.05, 0) is 33.8 Å². The van der Waals surface area contributed by atoms with Crippen molar-refractivity contribution in [2.24, 2.45) is 23.7 Å². The molecule has 0 saturated carbocycles. The summed E-state index contributed by atoms with van der Waals surface area (Å²) in [4.78, 5) is 67.0. The summed E-state index contributed by atoms with van der Waals surface area (Å²) in [6.45, 7) is 17.2. The van der Waals surface area contributed by atoms with Crippen LogP contribution >= 0.6 is 0 Å². The molecular weight excluding hydrogens is 686 g/mol. The second-order valence-electron chi connectivity index (χ2n) is 15.0. The zero-order valence-corrected chi connectivity index (χ0v) is 32.0. The van der Waals surface area contributed by atoms with E-state index in [0.717, 1.165) is 6.08 Å². The van der Waals surface area contributed by atoms with Gasteiger partial charge in [-0.1, -0.05) is 45.9 Å². The van der Waals surface area contributed by atoms with Gasteiger partial charge >= 0.3 is 11.8 Å². The lowest BCUT2D eigenvalue weighted by Crippen LogP contribution is -2.56. The molecule has 1 aromatic carbocycles. The first-order valence-corrected chi connectivity index (χ1v) is 17.7. The van der Waals surface area contributed by atoms with Crippen molar-refractivity contribution in [3.05, 3.63) is 70.2 Å². The monoisotopic (exact) mass is 735 g/mol. The molecule has 1 fully saturated rings. The van der Waals surface area contributed by atoms with Gasteiger partial charge in [-0.2, -0.15) is 0 Å². The van der Waals surface area contributed by atoms with Crippen molar-refractivity contribution in [2.75, 3.05) is 7.11 Å². The summed E-state index contributed by atoms with van der Waals surface area (Å²) in [7, 11) is 1.49. The molecule has 6 rings (SSSR count). The van der Waals surface area contributed by atoms with Crippen LogP contribution in [0.5, 0.6) is 11.5 Å². The van der Waals surface area contributed by atoms with Gasteiger partial charge in [0, 0.05) is 61.8 Å². The molecule has 4 aliphatic heterocycles. The number of fused-ring (bicyclic) bond motifs is 10. The van der Waals surface area contributed by atoms with Gasteiger partial charge in [-0.3, -0.25) is 24.0 Å². The highest BCUT2D eigenvalue weighted by Gasteiger charge is 2.52. The van der Waals surface area contributed by atoms with Crippen LogP contribution in [0.4, 0.5) is 0 Å². The third-order valence-electron chi connectivity index (χ3n) is 10.6. The van der Waals surface area contributed by atoms with E-state index in [1.54, 1.807) is 25.2 Å². The van der Waals surface area contributed by atoms with Crippen LogP contribution in [0.15, 0.2) is 47.9 Å². The van der Waals surface area contributed by atoms with E-state index >= 15 is 0 Å². The number of carbonyl (C=O) groups excluding carboxylic acids is 5.